The minimum Gasteiger partial charge on any atom is -0.481 e. The minimum absolute atomic E-state index is 0.305. The molecule has 0 radical (unpaired) electrons. The fourth-order valence-electron chi connectivity index (χ4n) is 2.20. The predicted molar refractivity (Wildman–Crippen MR) is 89.9 cm³/mol. The van der Waals surface area contributed by atoms with Crippen molar-refractivity contribution < 1.29 is 20.0 Å². The summed E-state index contributed by atoms with van der Waals surface area (Å²) in [5.74, 6) is -0.686. The molecule has 22 heavy (non-hydrogen) atoms. The Labute approximate surface area is 134 Å². The Morgan fingerprint density at radius 1 is 0.773 bits per heavy atom. The van der Waals surface area contributed by atoms with Gasteiger partial charge in [-0.3, -0.25) is 10.1 Å². The van der Waals surface area contributed by atoms with Crippen molar-refractivity contribution in [2.75, 3.05) is 6.61 Å². The van der Waals surface area contributed by atoms with Crippen LogP contribution < -0.4 is 0 Å². The van der Waals surface area contributed by atoms with Crippen molar-refractivity contribution in [2.45, 2.75) is 77.0 Å². The molecule has 0 aliphatic rings. The molecule has 0 heterocycles. The molecule has 0 atom stereocenters. The fourth-order valence-corrected chi connectivity index (χ4v) is 2.20. The first-order chi connectivity index (χ1) is 10.8. The van der Waals surface area contributed by atoms with Crippen molar-refractivity contribution in [1.29, 1.82) is 0 Å². The van der Waals surface area contributed by atoms with Gasteiger partial charge in [0.1, 0.15) is 0 Å². The van der Waals surface area contributed by atoms with E-state index in [9.17, 15) is 4.79 Å². The van der Waals surface area contributed by atoms with Gasteiger partial charge >= 0.3 is 5.97 Å². The zero-order valence-electron chi connectivity index (χ0n) is 13.7. The number of aliphatic carboxylic acids is 1. The van der Waals surface area contributed by atoms with Crippen molar-refractivity contribution in [3.8, 4) is 0 Å². The highest BCUT2D eigenvalue weighted by Gasteiger charge is 1.95. The van der Waals surface area contributed by atoms with E-state index >= 15 is 0 Å². The second-order valence-corrected chi connectivity index (χ2v) is 5.59. The summed E-state index contributed by atoms with van der Waals surface area (Å²) in [6.07, 6.45) is 20.9. The van der Waals surface area contributed by atoms with Crippen LogP contribution in [-0.2, 0) is 9.68 Å². The van der Waals surface area contributed by atoms with Gasteiger partial charge in [0, 0.05) is 6.42 Å². The van der Waals surface area contributed by atoms with Crippen LogP contribution in [0.5, 0.6) is 0 Å². The molecule has 0 aromatic heterocycles. The van der Waals surface area contributed by atoms with Gasteiger partial charge in [0.05, 0.1) is 6.61 Å². The van der Waals surface area contributed by atoms with Gasteiger partial charge in [0.15, 0.2) is 0 Å². The van der Waals surface area contributed by atoms with Gasteiger partial charge in [-0.2, -0.15) is 0 Å². The van der Waals surface area contributed by atoms with E-state index in [4.69, 9.17) is 10.4 Å². The Bertz CT molecular complexity index is 297. The maximum Gasteiger partial charge on any atom is 0.303 e. The molecule has 128 valence electrons. The van der Waals surface area contributed by atoms with Crippen LogP contribution in [0.25, 0.3) is 0 Å². The van der Waals surface area contributed by atoms with Crippen LogP contribution in [0.3, 0.4) is 0 Å². The maximum atomic E-state index is 10.3. The summed E-state index contributed by atoms with van der Waals surface area (Å²) in [6.45, 7) is 0.443. The summed E-state index contributed by atoms with van der Waals surface area (Å²) >= 11 is 0. The summed E-state index contributed by atoms with van der Waals surface area (Å²) in [4.78, 5) is 14.4. The third kappa shape index (κ3) is 18.9. The van der Waals surface area contributed by atoms with Gasteiger partial charge in [-0.15, -0.1) is 0 Å². The number of allylic oxidation sites excluding steroid dienone is 4. The minimum atomic E-state index is -0.686. The second kappa shape index (κ2) is 17.9. The van der Waals surface area contributed by atoms with Crippen molar-refractivity contribution in [3.05, 3.63) is 24.3 Å². The second-order valence-electron chi connectivity index (χ2n) is 5.59. The maximum absolute atomic E-state index is 10.3. The van der Waals surface area contributed by atoms with Crippen molar-refractivity contribution in [3.63, 3.8) is 0 Å². The number of carboxylic acid groups (broad SMARTS) is 1. The number of hydrogen-bond donors (Lipinski definition) is 2. The van der Waals surface area contributed by atoms with E-state index in [2.05, 4.69) is 29.2 Å². The average molecular weight is 312 g/mol. The number of rotatable bonds is 16. The Kier molecular flexibility index (Phi) is 17.0. The molecule has 0 rings (SSSR count). The normalized spacial score (nSPS) is 11.7. The SMILES string of the molecule is O=C(O)CCCCCCC/C=C\C=C\CCCCCCOO. The fraction of sp³-hybridized carbons (Fsp3) is 0.722. The van der Waals surface area contributed by atoms with E-state index in [1.807, 2.05) is 0 Å². The molecule has 0 aromatic carbocycles. The first-order valence-electron chi connectivity index (χ1n) is 8.57. The molecular formula is C18H32O4. The summed E-state index contributed by atoms with van der Waals surface area (Å²) in [5, 5.41) is 16.7. The molecule has 4 heteroatoms. The van der Waals surface area contributed by atoms with Crippen LogP contribution in [0.2, 0.25) is 0 Å². The van der Waals surface area contributed by atoms with Gasteiger partial charge in [-0.05, 0) is 38.5 Å². The monoisotopic (exact) mass is 312 g/mol. The largest absolute Gasteiger partial charge is 0.481 e. The van der Waals surface area contributed by atoms with E-state index in [1.165, 1.54) is 25.7 Å². The molecule has 0 saturated carbocycles. The topological polar surface area (TPSA) is 66.8 Å². The van der Waals surface area contributed by atoms with Gasteiger partial charge in [0.2, 0.25) is 0 Å². The molecule has 0 aliphatic heterocycles. The molecule has 0 aromatic rings. The van der Waals surface area contributed by atoms with Crippen molar-refractivity contribution >= 4 is 5.97 Å². The lowest BCUT2D eigenvalue weighted by Crippen LogP contribution is -1.93. The average Bonchev–Trinajstić information content (AvgIpc) is 2.50. The van der Waals surface area contributed by atoms with E-state index in [1.54, 1.807) is 0 Å². The summed E-state index contributed by atoms with van der Waals surface area (Å²) in [6, 6.07) is 0. The van der Waals surface area contributed by atoms with Gasteiger partial charge in [0.25, 0.3) is 0 Å². The third-order valence-corrected chi connectivity index (χ3v) is 3.50. The molecule has 0 unspecified atom stereocenters. The lowest BCUT2D eigenvalue weighted by Gasteiger charge is -1.98. The van der Waals surface area contributed by atoms with Crippen LogP contribution in [0.4, 0.5) is 0 Å². The lowest BCUT2D eigenvalue weighted by molar-refractivity contribution is -0.242. The quantitative estimate of drug-likeness (QED) is 0.174. The van der Waals surface area contributed by atoms with Crippen LogP contribution >= 0.6 is 0 Å². The van der Waals surface area contributed by atoms with Crippen LogP contribution in [-0.4, -0.2) is 22.9 Å². The highest BCUT2D eigenvalue weighted by atomic mass is 17.1. The zero-order chi connectivity index (χ0) is 16.3. The third-order valence-electron chi connectivity index (χ3n) is 3.50. The van der Waals surface area contributed by atoms with Crippen LogP contribution in [0.1, 0.15) is 77.0 Å². The van der Waals surface area contributed by atoms with Crippen molar-refractivity contribution in [1.82, 2.24) is 0 Å². The standard InChI is InChI=1S/C18H32O4/c19-18(20)16-14-12-10-8-6-4-2-1-3-5-7-9-11-13-15-17-22-21/h1-3,5,21H,4,6-17H2,(H,19,20)/b2-1-,5-3+. The molecule has 0 bridgehead atoms. The molecule has 4 nitrogen and oxygen atoms in total. The summed E-state index contributed by atoms with van der Waals surface area (Å²) < 4.78 is 0. The smallest absolute Gasteiger partial charge is 0.303 e. The van der Waals surface area contributed by atoms with Gasteiger partial charge in [-0.25, -0.2) is 4.89 Å². The number of unbranched alkanes of at least 4 members (excludes halogenated alkanes) is 9. The molecule has 0 amide bonds. The number of hydrogen-bond acceptors (Lipinski definition) is 3. The van der Waals surface area contributed by atoms with Crippen molar-refractivity contribution in [2.24, 2.45) is 0 Å². The van der Waals surface area contributed by atoms with E-state index in [-0.39, 0.29) is 0 Å². The first-order valence-corrected chi connectivity index (χ1v) is 8.57. The predicted octanol–water partition coefficient (Wildman–Crippen LogP) is 5.35. The Morgan fingerprint density at radius 2 is 1.27 bits per heavy atom. The van der Waals surface area contributed by atoms with Crippen LogP contribution in [0, 0.1) is 0 Å². The van der Waals surface area contributed by atoms with E-state index < -0.39 is 5.97 Å². The molecule has 0 aliphatic carbocycles. The molecule has 0 fully saturated rings. The van der Waals surface area contributed by atoms with Gasteiger partial charge < -0.3 is 5.11 Å². The zero-order valence-corrected chi connectivity index (χ0v) is 13.7. The summed E-state index contributed by atoms with van der Waals surface area (Å²) in [5.41, 5.74) is 0. The lowest BCUT2D eigenvalue weighted by atomic mass is 10.1. The molecular weight excluding hydrogens is 280 g/mol. The van der Waals surface area contributed by atoms with Gasteiger partial charge in [-0.1, -0.05) is 56.4 Å². The highest BCUT2D eigenvalue weighted by molar-refractivity contribution is 5.66. The van der Waals surface area contributed by atoms with Crippen LogP contribution in [0.15, 0.2) is 24.3 Å². The van der Waals surface area contributed by atoms with E-state index in [0.29, 0.717) is 13.0 Å². The molecule has 0 saturated heterocycles. The molecule has 2 N–H and O–H groups in total. The number of carbonyl (C=O) groups is 1. The molecule has 0 spiro atoms. The number of carboxylic acids is 1. The highest BCUT2D eigenvalue weighted by Crippen LogP contribution is 2.08. The Balaban J connectivity index is 3.19. The summed E-state index contributed by atoms with van der Waals surface area (Å²) in [7, 11) is 0. The Morgan fingerprint density at radius 3 is 1.82 bits per heavy atom. The van der Waals surface area contributed by atoms with E-state index in [0.717, 1.165) is 44.9 Å². The Hall–Kier alpha value is -1.13. The first kappa shape index (κ1) is 20.9.